The minimum absolute atomic E-state index is 0.0348. The van der Waals surface area contributed by atoms with Gasteiger partial charge < -0.3 is 0 Å². The molecule has 0 N–H and O–H groups in total. The number of halogens is 1. The van der Waals surface area contributed by atoms with Crippen LogP contribution < -0.4 is 0 Å². The van der Waals surface area contributed by atoms with Crippen LogP contribution in [0, 0.1) is 0 Å². The molecular weight excluding hydrogens is 320 g/mol. The molecule has 0 heterocycles. The molecule has 0 bridgehead atoms. The molecule has 2 atom stereocenters. The molecule has 1 aromatic carbocycles. The van der Waals surface area contributed by atoms with Crippen molar-refractivity contribution in [3.05, 3.63) is 59.7 Å². The summed E-state index contributed by atoms with van der Waals surface area (Å²) >= 11 is 5.61. The highest BCUT2D eigenvalue weighted by molar-refractivity contribution is 9.10. The molecule has 0 fully saturated rings. The first-order valence-corrected chi connectivity index (χ1v) is 8.36. The first-order chi connectivity index (χ1) is 9.07. The molecule has 0 saturated heterocycles. The van der Waals surface area contributed by atoms with Crippen molar-refractivity contribution in [2.75, 3.05) is 6.26 Å². The van der Waals surface area contributed by atoms with Gasteiger partial charge in [0, 0.05) is 16.4 Å². The van der Waals surface area contributed by atoms with Gasteiger partial charge in [-0.15, -0.1) is 0 Å². The molecule has 1 aliphatic carbocycles. The van der Waals surface area contributed by atoms with Crippen molar-refractivity contribution in [2.45, 2.75) is 22.9 Å². The number of alkyl halides is 1. The largest absolute Gasteiger partial charge is 0.289 e. The Kier molecular flexibility index (Phi) is 4.69. The maximum atomic E-state index is 12.3. The Balaban J connectivity index is 2.15. The van der Waals surface area contributed by atoms with Gasteiger partial charge in [0.15, 0.2) is 5.78 Å². The predicted octanol–water partition coefficient (Wildman–Crippen LogP) is 4.64. The van der Waals surface area contributed by atoms with E-state index in [1.165, 1.54) is 0 Å². The van der Waals surface area contributed by atoms with Crippen molar-refractivity contribution in [3.8, 4) is 0 Å². The van der Waals surface area contributed by atoms with E-state index in [1.54, 1.807) is 0 Å². The topological polar surface area (TPSA) is 17.1 Å². The summed E-state index contributed by atoms with van der Waals surface area (Å²) in [5, 5.41) is 0.466. The molecule has 1 nitrogen and oxygen atoms in total. The first-order valence-electron chi connectivity index (χ1n) is 6.27. The number of thioether (sulfide) groups is 1. The number of hydrogen-bond donors (Lipinski definition) is 0. The van der Waals surface area contributed by atoms with Crippen LogP contribution in [0.4, 0.5) is 0 Å². The van der Waals surface area contributed by atoms with Crippen LogP contribution >= 0.6 is 27.7 Å². The van der Waals surface area contributed by atoms with E-state index in [4.69, 9.17) is 0 Å². The second-order valence-corrected chi connectivity index (χ2v) is 7.35. The number of carbonyl (C=O) groups excluding carboxylic acids is 1. The van der Waals surface area contributed by atoms with Gasteiger partial charge in [-0.1, -0.05) is 71.4 Å². The third kappa shape index (κ3) is 3.21. The molecule has 19 heavy (non-hydrogen) atoms. The van der Waals surface area contributed by atoms with Crippen molar-refractivity contribution in [1.29, 1.82) is 0 Å². The normalized spacial score (nSPS) is 23.8. The highest BCUT2D eigenvalue weighted by Crippen LogP contribution is 2.38. The minimum atomic E-state index is -0.0348. The third-order valence-corrected chi connectivity index (χ3v) is 6.21. The fourth-order valence-electron chi connectivity index (χ4n) is 2.05. The Labute approximate surface area is 127 Å². The lowest BCUT2D eigenvalue weighted by molar-refractivity contribution is 0.103. The highest BCUT2D eigenvalue weighted by Gasteiger charge is 2.31. The number of allylic oxidation sites excluding steroid dienone is 4. The van der Waals surface area contributed by atoms with Gasteiger partial charge in [-0.05, 0) is 12.7 Å². The van der Waals surface area contributed by atoms with Crippen molar-refractivity contribution < 1.29 is 4.79 Å². The Morgan fingerprint density at radius 2 is 2.05 bits per heavy atom. The fourth-order valence-corrected chi connectivity index (χ4v) is 3.47. The molecule has 0 aromatic heterocycles. The molecule has 0 amide bonds. The lowest BCUT2D eigenvalue weighted by Gasteiger charge is -2.31. The summed E-state index contributed by atoms with van der Waals surface area (Å²) in [6.07, 6.45) is 9.05. The Morgan fingerprint density at radius 1 is 1.37 bits per heavy atom. The van der Waals surface area contributed by atoms with Gasteiger partial charge in [0.1, 0.15) is 0 Å². The Morgan fingerprint density at radius 3 is 2.58 bits per heavy atom. The first kappa shape index (κ1) is 14.6. The van der Waals surface area contributed by atoms with Crippen LogP contribution in [0.5, 0.6) is 0 Å². The highest BCUT2D eigenvalue weighted by atomic mass is 79.9. The lowest BCUT2D eigenvalue weighted by Crippen LogP contribution is -2.30. The van der Waals surface area contributed by atoms with E-state index < -0.39 is 0 Å². The molecule has 100 valence electrons. The Bertz CT molecular complexity index is 521. The van der Waals surface area contributed by atoms with Crippen LogP contribution in [0.3, 0.4) is 0 Å². The van der Waals surface area contributed by atoms with Crippen molar-refractivity contribution in [2.24, 2.45) is 0 Å². The maximum Gasteiger partial charge on any atom is 0.192 e. The van der Waals surface area contributed by atoms with Gasteiger partial charge in [0.2, 0.25) is 0 Å². The van der Waals surface area contributed by atoms with Crippen LogP contribution in [0.1, 0.15) is 23.7 Å². The molecule has 0 spiro atoms. The zero-order chi connectivity index (χ0) is 13.9. The number of rotatable bonds is 4. The van der Waals surface area contributed by atoms with Gasteiger partial charge >= 0.3 is 0 Å². The van der Waals surface area contributed by atoms with E-state index in [1.807, 2.05) is 54.2 Å². The second-order valence-electron chi connectivity index (χ2n) is 4.70. The number of carbonyl (C=O) groups is 1. The lowest BCUT2D eigenvalue weighted by atomic mass is 9.91. The summed E-state index contributed by atoms with van der Waals surface area (Å²) in [7, 11) is 0. The fraction of sp³-hybridized carbons (Fsp3) is 0.312. The van der Waals surface area contributed by atoms with Crippen molar-refractivity contribution >= 4 is 33.5 Å². The minimum Gasteiger partial charge on any atom is -0.289 e. The van der Waals surface area contributed by atoms with Crippen LogP contribution in [-0.4, -0.2) is 21.6 Å². The molecule has 0 aliphatic heterocycles. The van der Waals surface area contributed by atoms with Crippen molar-refractivity contribution in [1.82, 2.24) is 0 Å². The van der Waals surface area contributed by atoms with E-state index in [0.29, 0.717) is 5.25 Å². The smallest absolute Gasteiger partial charge is 0.192 e. The van der Waals surface area contributed by atoms with Gasteiger partial charge in [-0.25, -0.2) is 0 Å². The van der Waals surface area contributed by atoms with E-state index in [2.05, 4.69) is 35.2 Å². The molecule has 3 heteroatoms. The van der Waals surface area contributed by atoms with Crippen LogP contribution in [0.15, 0.2) is 54.1 Å². The molecule has 2 rings (SSSR count). The summed E-state index contributed by atoms with van der Waals surface area (Å²) in [5.74, 6) is 0.100. The van der Waals surface area contributed by atoms with Gasteiger partial charge in [0.25, 0.3) is 0 Å². The van der Waals surface area contributed by atoms with Crippen LogP contribution in [0.2, 0.25) is 0 Å². The zero-order valence-electron chi connectivity index (χ0n) is 11.1. The Hall–Kier alpha value is -0.800. The monoisotopic (exact) mass is 336 g/mol. The predicted molar refractivity (Wildman–Crippen MR) is 87.2 cm³/mol. The van der Waals surface area contributed by atoms with E-state index >= 15 is 0 Å². The van der Waals surface area contributed by atoms with Gasteiger partial charge in [-0.2, -0.15) is 11.8 Å². The maximum absolute atomic E-state index is 12.3. The van der Waals surface area contributed by atoms with Crippen LogP contribution in [0.25, 0.3) is 0 Å². The SMILES string of the molecule is CSC(C)C1(Br)C=CC(C(=O)c2ccccc2)=CC1. The van der Waals surface area contributed by atoms with E-state index in [0.717, 1.165) is 17.6 Å². The van der Waals surface area contributed by atoms with E-state index in [-0.39, 0.29) is 10.1 Å². The molecule has 1 aromatic rings. The summed E-state index contributed by atoms with van der Waals surface area (Å²) < 4.78 is -0.0348. The van der Waals surface area contributed by atoms with Crippen LogP contribution in [-0.2, 0) is 0 Å². The average Bonchev–Trinajstić information content (AvgIpc) is 2.47. The standard InChI is InChI=1S/C16H17BrOS/c1-12(19-2)16(17)10-8-14(9-11-16)15(18)13-6-4-3-5-7-13/h3-10,12H,11H2,1-2H3. The molecule has 0 saturated carbocycles. The zero-order valence-corrected chi connectivity index (χ0v) is 13.5. The number of hydrogen-bond acceptors (Lipinski definition) is 2. The number of ketones is 1. The second kappa shape index (κ2) is 6.10. The molecular formula is C16H17BrOS. The summed E-state index contributed by atoms with van der Waals surface area (Å²) in [6.45, 7) is 2.20. The number of Topliss-reactive ketones (excluding diaryl/α,β-unsaturated/α-hetero) is 1. The molecule has 2 unspecified atom stereocenters. The third-order valence-electron chi connectivity index (χ3n) is 3.50. The van der Waals surface area contributed by atoms with Gasteiger partial charge in [-0.3, -0.25) is 4.79 Å². The summed E-state index contributed by atoms with van der Waals surface area (Å²) in [6, 6.07) is 9.43. The summed E-state index contributed by atoms with van der Waals surface area (Å²) in [4.78, 5) is 12.3. The van der Waals surface area contributed by atoms with Gasteiger partial charge in [0.05, 0.1) is 4.32 Å². The quantitative estimate of drug-likeness (QED) is 0.588. The molecule has 1 aliphatic rings. The number of benzene rings is 1. The summed E-state index contributed by atoms with van der Waals surface area (Å²) in [5.41, 5.74) is 1.54. The average molecular weight is 337 g/mol. The molecule has 0 radical (unpaired) electrons. The van der Waals surface area contributed by atoms with E-state index in [9.17, 15) is 4.79 Å². The van der Waals surface area contributed by atoms with Crippen molar-refractivity contribution in [3.63, 3.8) is 0 Å².